The fourth-order valence-electron chi connectivity index (χ4n) is 3.73. The Morgan fingerprint density at radius 2 is 1.83 bits per heavy atom. The van der Waals surface area contributed by atoms with Gasteiger partial charge in [0.2, 0.25) is 5.13 Å². The van der Waals surface area contributed by atoms with Crippen LogP contribution in [-0.2, 0) is 15.3 Å². The number of rotatable bonds is 7. The summed E-state index contributed by atoms with van der Waals surface area (Å²) in [6.45, 7) is 0. The average molecular weight is 522 g/mol. The van der Waals surface area contributed by atoms with Gasteiger partial charge in [0.25, 0.3) is 5.78 Å². The van der Waals surface area contributed by atoms with Crippen molar-refractivity contribution >= 4 is 57.0 Å². The highest BCUT2D eigenvalue weighted by Crippen LogP contribution is 2.45. The predicted molar refractivity (Wildman–Crippen MR) is 138 cm³/mol. The number of nitrogens with zero attached hydrogens (tertiary/aromatic N) is 3. The van der Waals surface area contributed by atoms with Crippen LogP contribution in [0, 0.1) is 0 Å². The number of hydrogen-bond acceptors (Lipinski definition) is 9. The first-order valence-corrected chi connectivity index (χ1v) is 13.2. The van der Waals surface area contributed by atoms with Crippen LogP contribution >= 0.6 is 34.4 Å². The SMILES string of the molecule is COc1ccc(/C(O)=C2/C(=O)C(=O)N(c3nnc(SCc4ccccc4)s3)C2c2cccs2)cc1. The Morgan fingerprint density at radius 3 is 2.51 bits per heavy atom. The van der Waals surface area contributed by atoms with Crippen LogP contribution in [0.2, 0.25) is 0 Å². The smallest absolute Gasteiger partial charge is 0.301 e. The molecule has 5 rings (SSSR count). The third kappa shape index (κ3) is 4.60. The summed E-state index contributed by atoms with van der Waals surface area (Å²) < 4.78 is 5.86. The minimum Gasteiger partial charge on any atom is -0.507 e. The number of ketones is 1. The van der Waals surface area contributed by atoms with E-state index in [1.165, 1.54) is 39.3 Å². The van der Waals surface area contributed by atoms with E-state index in [2.05, 4.69) is 10.2 Å². The van der Waals surface area contributed by atoms with Gasteiger partial charge in [0.15, 0.2) is 4.34 Å². The minimum atomic E-state index is -0.794. The van der Waals surface area contributed by atoms with Crippen LogP contribution < -0.4 is 9.64 Å². The van der Waals surface area contributed by atoms with Crippen LogP contribution in [0.4, 0.5) is 5.13 Å². The van der Waals surface area contributed by atoms with E-state index >= 15 is 0 Å². The number of hydrogen-bond donors (Lipinski definition) is 1. The topological polar surface area (TPSA) is 92.6 Å². The van der Waals surface area contributed by atoms with Gasteiger partial charge in [-0.1, -0.05) is 59.5 Å². The van der Waals surface area contributed by atoms with Crippen molar-refractivity contribution in [2.24, 2.45) is 0 Å². The van der Waals surface area contributed by atoms with Gasteiger partial charge >= 0.3 is 5.91 Å². The molecule has 1 amide bonds. The largest absolute Gasteiger partial charge is 0.507 e. The molecule has 0 spiro atoms. The highest BCUT2D eigenvalue weighted by Gasteiger charge is 2.48. The average Bonchev–Trinajstić information content (AvgIpc) is 3.64. The zero-order valence-corrected chi connectivity index (χ0v) is 20.9. The van der Waals surface area contributed by atoms with Gasteiger partial charge in [-0.3, -0.25) is 14.5 Å². The number of aliphatic hydroxyl groups is 1. The number of carbonyl (C=O) groups excluding carboxylic acids is 2. The lowest BCUT2D eigenvalue weighted by Gasteiger charge is -2.20. The number of methoxy groups -OCH3 is 1. The van der Waals surface area contributed by atoms with Gasteiger partial charge in [-0.05, 0) is 41.3 Å². The maximum atomic E-state index is 13.2. The molecule has 4 aromatic rings. The fraction of sp³-hybridized carbons (Fsp3) is 0.120. The minimum absolute atomic E-state index is 0.0244. The zero-order valence-electron chi connectivity index (χ0n) is 18.5. The van der Waals surface area contributed by atoms with Crippen molar-refractivity contribution in [3.63, 3.8) is 0 Å². The molecule has 0 radical (unpaired) electrons. The van der Waals surface area contributed by atoms with E-state index in [1.54, 1.807) is 31.4 Å². The highest BCUT2D eigenvalue weighted by atomic mass is 32.2. The van der Waals surface area contributed by atoms with Gasteiger partial charge in [0.05, 0.1) is 12.7 Å². The van der Waals surface area contributed by atoms with Crippen LogP contribution in [0.1, 0.15) is 22.0 Å². The summed E-state index contributed by atoms with van der Waals surface area (Å²) in [5, 5.41) is 21.8. The molecule has 1 atom stereocenters. The molecule has 2 aromatic heterocycles. The van der Waals surface area contributed by atoms with Crippen molar-refractivity contribution in [1.29, 1.82) is 0 Å². The summed E-state index contributed by atoms with van der Waals surface area (Å²) in [6.07, 6.45) is 0. The molecular weight excluding hydrogens is 502 g/mol. The van der Waals surface area contributed by atoms with Crippen molar-refractivity contribution in [3.05, 3.63) is 93.7 Å². The highest BCUT2D eigenvalue weighted by molar-refractivity contribution is 8.00. The number of Topliss-reactive ketones (excluding diaryl/α,β-unsaturated/α-hetero) is 1. The molecule has 176 valence electrons. The van der Waals surface area contributed by atoms with E-state index in [9.17, 15) is 14.7 Å². The van der Waals surface area contributed by atoms with E-state index in [0.717, 1.165) is 10.4 Å². The standard InChI is InChI=1S/C25H19N3O4S3/c1-32-17-11-9-16(10-12-17)21(29)19-20(18-8-5-13-33-18)28(23(31)22(19)30)24-26-27-25(35-24)34-14-15-6-3-2-4-7-15/h2-13,20,29H,14H2,1H3/b21-19-. The van der Waals surface area contributed by atoms with Crippen LogP contribution in [0.3, 0.4) is 0 Å². The monoisotopic (exact) mass is 521 g/mol. The first-order valence-electron chi connectivity index (χ1n) is 10.6. The van der Waals surface area contributed by atoms with Crippen molar-refractivity contribution in [2.45, 2.75) is 16.1 Å². The third-order valence-corrected chi connectivity index (χ3v) is 8.48. The Hall–Kier alpha value is -3.47. The summed E-state index contributed by atoms with van der Waals surface area (Å²) in [7, 11) is 1.55. The van der Waals surface area contributed by atoms with Gasteiger partial charge in [0.1, 0.15) is 17.6 Å². The van der Waals surface area contributed by atoms with E-state index in [4.69, 9.17) is 4.74 Å². The van der Waals surface area contributed by atoms with Gasteiger partial charge in [0, 0.05) is 16.2 Å². The number of anilines is 1. The van der Waals surface area contributed by atoms with Gasteiger partial charge in [-0.15, -0.1) is 21.5 Å². The van der Waals surface area contributed by atoms with Crippen molar-refractivity contribution in [2.75, 3.05) is 12.0 Å². The summed E-state index contributed by atoms with van der Waals surface area (Å²) >= 11 is 4.16. The van der Waals surface area contributed by atoms with Crippen LogP contribution in [0.15, 0.2) is 82.0 Å². The Morgan fingerprint density at radius 1 is 1.06 bits per heavy atom. The Balaban J connectivity index is 1.51. The summed E-state index contributed by atoms with van der Waals surface area (Å²) in [5.74, 6) is -0.416. The zero-order chi connectivity index (χ0) is 24.4. The lowest BCUT2D eigenvalue weighted by atomic mass is 10.00. The maximum Gasteiger partial charge on any atom is 0.301 e. The third-order valence-electron chi connectivity index (χ3n) is 5.43. The molecule has 0 saturated carbocycles. The molecule has 0 bridgehead atoms. The van der Waals surface area contributed by atoms with E-state index in [0.29, 0.717) is 26.5 Å². The Bertz CT molecular complexity index is 1380. The second-order valence-electron chi connectivity index (χ2n) is 7.54. The lowest BCUT2D eigenvalue weighted by Crippen LogP contribution is -2.29. The molecule has 3 heterocycles. The maximum absolute atomic E-state index is 13.2. The van der Waals surface area contributed by atoms with Crippen LogP contribution in [0.25, 0.3) is 5.76 Å². The number of benzene rings is 2. The number of amides is 1. The summed E-state index contributed by atoms with van der Waals surface area (Å²) in [6, 6.07) is 19.5. The number of carbonyl (C=O) groups is 2. The van der Waals surface area contributed by atoms with Crippen LogP contribution in [0.5, 0.6) is 5.75 Å². The molecule has 1 N–H and O–H groups in total. The molecule has 1 saturated heterocycles. The molecule has 35 heavy (non-hydrogen) atoms. The predicted octanol–water partition coefficient (Wildman–Crippen LogP) is 5.53. The molecule has 2 aromatic carbocycles. The van der Waals surface area contributed by atoms with Gasteiger partial charge in [-0.25, -0.2) is 0 Å². The quantitative estimate of drug-likeness (QED) is 0.112. The van der Waals surface area contributed by atoms with Crippen molar-refractivity contribution in [1.82, 2.24) is 10.2 Å². The Labute approximate surface area is 213 Å². The van der Waals surface area contributed by atoms with Gasteiger partial charge in [-0.2, -0.15) is 0 Å². The van der Waals surface area contributed by atoms with Gasteiger partial charge < -0.3 is 9.84 Å². The molecular formula is C25H19N3O4S3. The molecule has 0 aliphatic carbocycles. The molecule has 1 aliphatic rings. The first-order chi connectivity index (χ1) is 17.1. The number of thiophene rings is 1. The Kier molecular flexibility index (Phi) is 6.67. The number of thioether (sulfide) groups is 1. The van der Waals surface area contributed by atoms with Crippen molar-refractivity contribution < 1.29 is 19.4 Å². The number of aliphatic hydroxyl groups excluding tert-OH is 1. The summed E-state index contributed by atoms with van der Waals surface area (Å²) in [5.41, 5.74) is 1.59. The van der Waals surface area contributed by atoms with E-state index < -0.39 is 17.7 Å². The second kappa shape index (κ2) is 10.0. The molecule has 1 unspecified atom stereocenters. The lowest BCUT2D eigenvalue weighted by molar-refractivity contribution is -0.132. The first kappa shape index (κ1) is 23.3. The van der Waals surface area contributed by atoms with Crippen LogP contribution in [-0.4, -0.2) is 34.1 Å². The molecule has 1 aliphatic heterocycles. The van der Waals surface area contributed by atoms with E-state index in [-0.39, 0.29) is 11.3 Å². The fourth-order valence-corrected chi connectivity index (χ4v) is 6.37. The molecule has 10 heteroatoms. The normalized spacial score (nSPS) is 17.2. The molecule has 1 fully saturated rings. The van der Waals surface area contributed by atoms with Crippen molar-refractivity contribution in [3.8, 4) is 5.75 Å². The number of ether oxygens (including phenoxy) is 1. The summed E-state index contributed by atoms with van der Waals surface area (Å²) in [4.78, 5) is 28.5. The van der Waals surface area contributed by atoms with E-state index in [1.807, 2.05) is 47.8 Å². The number of aromatic nitrogens is 2. The molecule has 7 nitrogen and oxygen atoms in total. The second-order valence-corrected chi connectivity index (χ2v) is 10.7.